The SMILES string of the molecule is c1ccc(C2(c3ccccc3)c3ccccc3N(c3ccc4c5cccc6c7ccccc7n(c4c3)c65)c3ccccc32)cc1.c1ccc2c(c1)-c1ccccc1C21c2ccccc2N(c2ccc3c4cccc5c6ccccc6n(c3c2)c54)c2ccccc21.c1ccc2c(c1)Oc1ccccc1C21c2ccccc2N(c2ccc3c4cccc5c6ccccc6n(c3c2)c54)c2ccccc21. The van der Waals surface area contributed by atoms with Crippen LogP contribution < -0.4 is 19.4 Å². The van der Waals surface area contributed by atoms with Crippen LogP contribution in [-0.2, 0) is 16.2 Å². The van der Waals surface area contributed by atoms with E-state index in [0.717, 1.165) is 22.9 Å². The lowest BCUT2D eigenvalue weighted by molar-refractivity contribution is 0.434. The molecule has 0 saturated carbocycles. The molecule has 136 heavy (non-hydrogen) atoms. The summed E-state index contributed by atoms with van der Waals surface area (Å²) < 4.78 is 14.0. The third kappa shape index (κ3) is 9.73. The van der Waals surface area contributed by atoms with Crippen LogP contribution >= 0.6 is 0 Å². The first-order valence-electron chi connectivity index (χ1n) is 47.2. The number of fused-ring (bicyclic) bond motifs is 37. The summed E-state index contributed by atoms with van der Waals surface area (Å²) in [5.41, 5.74) is 38.5. The molecule has 32 rings (SSSR count). The number of aromatic nitrogens is 3. The van der Waals surface area contributed by atoms with E-state index < -0.39 is 16.2 Å². The average Bonchev–Trinajstić information content (AvgIpc) is 1.02. The molecule has 21 aromatic carbocycles. The van der Waals surface area contributed by atoms with Gasteiger partial charge in [-0.2, -0.15) is 0 Å². The number of rotatable bonds is 5. The maximum atomic E-state index is 6.57. The van der Waals surface area contributed by atoms with Crippen LogP contribution in [0, 0.1) is 0 Å². The van der Waals surface area contributed by atoms with Gasteiger partial charge >= 0.3 is 0 Å². The maximum Gasteiger partial charge on any atom is 0.132 e. The Hall–Kier alpha value is -17.8. The molecule has 5 aliphatic rings. The summed E-state index contributed by atoms with van der Waals surface area (Å²) >= 11 is 0. The Labute approximate surface area is 783 Å². The summed E-state index contributed by atoms with van der Waals surface area (Å²) in [7, 11) is 0. The van der Waals surface area contributed by atoms with Gasteiger partial charge in [0.05, 0.1) is 100 Å². The number of nitrogens with zero attached hydrogens (tertiary/aromatic N) is 6. The number of benzene rings is 21. The van der Waals surface area contributed by atoms with Crippen LogP contribution in [0.4, 0.5) is 51.2 Å². The first-order valence-corrected chi connectivity index (χ1v) is 47.2. The highest BCUT2D eigenvalue weighted by atomic mass is 16.5. The fourth-order valence-corrected chi connectivity index (χ4v) is 25.8. The van der Waals surface area contributed by atoms with E-state index in [1.807, 2.05) is 0 Å². The molecule has 6 aromatic heterocycles. The van der Waals surface area contributed by atoms with E-state index in [2.05, 4.69) is 513 Å². The molecule has 0 N–H and O–H groups in total. The zero-order valence-corrected chi connectivity index (χ0v) is 73.8. The van der Waals surface area contributed by atoms with Gasteiger partial charge in [-0.25, -0.2) is 0 Å². The van der Waals surface area contributed by atoms with Crippen LogP contribution in [-0.4, -0.2) is 13.2 Å². The van der Waals surface area contributed by atoms with E-state index in [0.29, 0.717) is 0 Å². The van der Waals surface area contributed by atoms with Gasteiger partial charge in [-0.15, -0.1) is 0 Å². The summed E-state index contributed by atoms with van der Waals surface area (Å²) in [5, 5.41) is 15.6. The minimum atomic E-state index is -0.537. The Balaban J connectivity index is 0.0000000969. The Morgan fingerprint density at radius 3 is 0.699 bits per heavy atom. The van der Waals surface area contributed by atoms with E-state index in [9.17, 15) is 0 Å². The molecule has 0 radical (unpaired) electrons. The lowest BCUT2D eigenvalue weighted by atomic mass is 9.61. The van der Waals surface area contributed by atoms with Crippen molar-refractivity contribution in [2.45, 2.75) is 16.2 Å². The van der Waals surface area contributed by atoms with Crippen LogP contribution in [0.25, 0.3) is 125 Å². The van der Waals surface area contributed by atoms with E-state index in [1.165, 1.54) is 232 Å². The molecule has 1 aliphatic carbocycles. The highest BCUT2D eigenvalue weighted by Gasteiger charge is 2.54. The molecule has 27 aromatic rings. The van der Waals surface area contributed by atoms with Gasteiger partial charge in [0.1, 0.15) is 11.5 Å². The van der Waals surface area contributed by atoms with Gasteiger partial charge in [0, 0.05) is 92.8 Å². The average molecular weight is 1730 g/mol. The zero-order valence-electron chi connectivity index (χ0n) is 73.8. The van der Waals surface area contributed by atoms with Gasteiger partial charge in [-0.3, -0.25) is 0 Å². The summed E-state index contributed by atoms with van der Waals surface area (Å²) in [4.78, 5) is 7.43. The molecule has 632 valence electrons. The molecule has 4 aliphatic heterocycles. The van der Waals surface area contributed by atoms with Crippen molar-refractivity contribution in [3.8, 4) is 22.6 Å². The summed E-state index contributed by atoms with van der Waals surface area (Å²) in [5.74, 6) is 1.80. The van der Waals surface area contributed by atoms with Gasteiger partial charge in [-0.05, 0) is 170 Å². The Kier molecular flexibility index (Phi) is 15.5. The van der Waals surface area contributed by atoms with Gasteiger partial charge in [0.25, 0.3) is 0 Å². The topological polar surface area (TPSA) is 32.2 Å². The van der Waals surface area contributed by atoms with Crippen molar-refractivity contribution in [1.29, 1.82) is 0 Å². The van der Waals surface area contributed by atoms with Gasteiger partial charge in [0.2, 0.25) is 0 Å². The van der Waals surface area contributed by atoms with Crippen molar-refractivity contribution in [3.05, 3.63) is 552 Å². The summed E-state index contributed by atoms with van der Waals surface area (Å²) in [6.45, 7) is 0. The highest BCUT2D eigenvalue weighted by molar-refractivity contribution is 6.27. The second kappa shape index (κ2) is 28.1. The predicted octanol–water partition coefficient (Wildman–Crippen LogP) is 33.1. The maximum absolute atomic E-state index is 6.57. The second-order valence-electron chi connectivity index (χ2n) is 37.0. The van der Waals surface area contributed by atoms with Crippen LogP contribution in [0.3, 0.4) is 0 Å². The third-order valence-corrected chi connectivity index (χ3v) is 30.9. The van der Waals surface area contributed by atoms with E-state index in [1.54, 1.807) is 0 Å². The van der Waals surface area contributed by atoms with Gasteiger partial charge in [-0.1, -0.05) is 382 Å². The molecule has 0 amide bonds. The first kappa shape index (κ1) is 74.9. The molecule has 2 spiro atoms. The van der Waals surface area contributed by atoms with Crippen molar-refractivity contribution < 1.29 is 4.74 Å². The molecule has 0 saturated heterocycles. The predicted molar refractivity (Wildman–Crippen MR) is 562 cm³/mol. The van der Waals surface area contributed by atoms with Gasteiger partial charge in [0.15, 0.2) is 0 Å². The van der Waals surface area contributed by atoms with Crippen LogP contribution in [0.5, 0.6) is 11.5 Å². The van der Waals surface area contributed by atoms with Crippen LogP contribution in [0.2, 0.25) is 0 Å². The molecule has 7 nitrogen and oxygen atoms in total. The lowest BCUT2D eigenvalue weighted by Crippen LogP contribution is -2.39. The molecule has 0 bridgehead atoms. The number of para-hydroxylation sites is 14. The van der Waals surface area contributed by atoms with E-state index >= 15 is 0 Å². The highest BCUT2D eigenvalue weighted by Crippen LogP contribution is 2.67. The second-order valence-corrected chi connectivity index (χ2v) is 37.0. The molecule has 0 unspecified atom stereocenters. The summed E-state index contributed by atoms with van der Waals surface area (Å²) in [6, 6.07) is 179. The number of ether oxygens (including phenoxy) is 1. The Bertz CT molecular complexity index is 9120. The fraction of sp³-hybridized carbons (Fsp3) is 0.0233. The molecule has 0 fully saturated rings. The van der Waals surface area contributed by atoms with E-state index in [-0.39, 0.29) is 0 Å². The van der Waals surface area contributed by atoms with Crippen molar-refractivity contribution in [2.75, 3.05) is 14.7 Å². The molecular weight excluding hydrogens is 1650 g/mol. The lowest BCUT2D eigenvalue weighted by Gasteiger charge is -2.48. The Morgan fingerprint density at radius 1 is 0.154 bits per heavy atom. The molecule has 0 atom stereocenters. The molecular formula is C129H80N6O. The van der Waals surface area contributed by atoms with Gasteiger partial charge < -0.3 is 32.6 Å². The van der Waals surface area contributed by atoms with Crippen LogP contribution in [0.1, 0.15) is 66.8 Å². The third-order valence-electron chi connectivity index (χ3n) is 30.9. The Morgan fingerprint density at radius 2 is 0.382 bits per heavy atom. The number of hydrogen-bond donors (Lipinski definition) is 0. The smallest absolute Gasteiger partial charge is 0.132 e. The zero-order chi connectivity index (χ0) is 88.8. The van der Waals surface area contributed by atoms with Crippen molar-refractivity contribution in [2.24, 2.45) is 0 Å². The fourth-order valence-electron chi connectivity index (χ4n) is 25.8. The monoisotopic (exact) mass is 1730 g/mol. The summed E-state index contributed by atoms with van der Waals surface area (Å²) in [6.07, 6.45) is 0. The minimum absolute atomic E-state index is 0.396. The first-order chi connectivity index (χ1) is 67.5. The van der Waals surface area contributed by atoms with Crippen LogP contribution in [0.15, 0.2) is 485 Å². The quantitative estimate of drug-likeness (QED) is 0.172. The van der Waals surface area contributed by atoms with Crippen molar-refractivity contribution in [3.63, 3.8) is 0 Å². The van der Waals surface area contributed by atoms with Crippen molar-refractivity contribution >= 4 is 165 Å². The number of hydrogen-bond acceptors (Lipinski definition) is 4. The normalized spacial score (nSPS) is 14.2. The largest absolute Gasteiger partial charge is 0.457 e. The van der Waals surface area contributed by atoms with Crippen molar-refractivity contribution in [1.82, 2.24) is 13.2 Å². The standard InChI is InChI=1S/C43H26N2O.C43H26N2.C43H28N2/c1-6-19-36-28(12-1)30-13-11-14-31-29-25-24-27(26-39(29)45(36)42(30)31)44-37-20-7-2-15-32(37)43(33-16-3-8-21-38(33)44)34-17-4-9-22-40(34)46-41-23-10-5-18-35(41)43;1-4-17-34-28(12-1)29-13-2-5-18-35(29)43(34)36-19-6-9-22-39(36)44(40-23-10-7-20-37(40)43)27-24-25-31-33-16-11-15-32-30-14-3-8-21-38(30)45(42(32)33)41(31)26-27;1-3-14-29(15-4-1)43(30-16-5-2-6-17-30)36-21-8-11-24-39(36)44(40-25-12-9-22-37(40)43)31-26-27-33-35-20-13-19-34-32-18-7-10-23-38(32)45(42(34)35)41(33)28-31/h1-26H;1-26H;1-28H. The number of anilines is 9. The molecule has 7 heteroatoms. The minimum Gasteiger partial charge on any atom is -0.457 e. The molecule has 10 heterocycles. The van der Waals surface area contributed by atoms with E-state index in [4.69, 9.17) is 4.74 Å².